The largest absolute Gasteiger partial charge is 0.381 e. The quantitative estimate of drug-likeness (QED) is 0.385. The summed E-state index contributed by atoms with van der Waals surface area (Å²) < 4.78 is 23.2. The van der Waals surface area contributed by atoms with Crippen molar-refractivity contribution < 1.29 is 18.9 Å². The Morgan fingerprint density at radius 2 is 1.79 bits per heavy atom. The molecule has 7 nitrogen and oxygen atoms in total. The third kappa shape index (κ3) is 7.50. The Bertz CT molecular complexity index is 443. The fourth-order valence-electron chi connectivity index (χ4n) is 4.11. The van der Waals surface area contributed by atoms with Crippen LogP contribution < -0.4 is 5.32 Å². The average Bonchev–Trinajstić information content (AvgIpc) is 2.77. The summed E-state index contributed by atoms with van der Waals surface area (Å²) in [5.41, 5.74) is 0. The van der Waals surface area contributed by atoms with Gasteiger partial charge in [-0.1, -0.05) is 0 Å². The minimum absolute atomic E-state index is 0.310. The van der Waals surface area contributed by atoms with Crippen LogP contribution >= 0.6 is 0 Å². The van der Waals surface area contributed by atoms with Gasteiger partial charge in [-0.3, -0.25) is 4.99 Å². The van der Waals surface area contributed by atoms with Gasteiger partial charge in [-0.25, -0.2) is 0 Å². The molecule has 0 aromatic rings. The van der Waals surface area contributed by atoms with Gasteiger partial charge in [0.05, 0.1) is 24.9 Å². The maximum Gasteiger partial charge on any atom is 0.193 e. The average molecular weight is 398 g/mol. The van der Waals surface area contributed by atoms with Gasteiger partial charge in [-0.05, 0) is 51.4 Å². The fraction of sp³-hybridized carbons (Fsp3) is 0.952. The zero-order valence-electron chi connectivity index (χ0n) is 17.6. The molecule has 0 amide bonds. The second-order valence-corrected chi connectivity index (χ2v) is 8.02. The van der Waals surface area contributed by atoms with E-state index in [1.165, 1.54) is 12.8 Å². The molecule has 3 rings (SSSR count). The number of nitrogens with zero attached hydrogens (tertiary/aromatic N) is 2. The van der Waals surface area contributed by atoms with Crippen LogP contribution in [0.1, 0.15) is 51.4 Å². The van der Waals surface area contributed by atoms with Crippen LogP contribution in [0.3, 0.4) is 0 Å². The Hall–Kier alpha value is -0.890. The second kappa shape index (κ2) is 12.6. The smallest absolute Gasteiger partial charge is 0.193 e. The van der Waals surface area contributed by atoms with E-state index in [0.717, 1.165) is 97.2 Å². The van der Waals surface area contributed by atoms with Crippen molar-refractivity contribution in [2.24, 2.45) is 4.99 Å². The van der Waals surface area contributed by atoms with Crippen molar-refractivity contribution in [1.82, 2.24) is 10.2 Å². The van der Waals surface area contributed by atoms with Gasteiger partial charge in [0.25, 0.3) is 0 Å². The van der Waals surface area contributed by atoms with Crippen molar-refractivity contribution in [2.75, 3.05) is 59.7 Å². The molecule has 0 aliphatic carbocycles. The van der Waals surface area contributed by atoms with Crippen molar-refractivity contribution in [1.29, 1.82) is 0 Å². The minimum atomic E-state index is 0.310. The maximum absolute atomic E-state index is 6.12. The summed E-state index contributed by atoms with van der Waals surface area (Å²) in [4.78, 5) is 6.80. The standard InChI is InChI=1S/C21H39N3O4/c1-22-21(23-10-4-14-26-19-8-15-25-16-9-19)24-11-6-18(7-12-24)28-17-20-5-2-3-13-27-20/h18-20H,2-17H2,1H3,(H,22,23). The Morgan fingerprint density at radius 3 is 2.50 bits per heavy atom. The van der Waals surface area contributed by atoms with Gasteiger partial charge in [0, 0.05) is 53.1 Å². The molecule has 28 heavy (non-hydrogen) atoms. The molecule has 0 spiro atoms. The molecule has 0 saturated carbocycles. The zero-order chi connectivity index (χ0) is 19.4. The summed E-state index contributed by atoms with van der Waals surface area (Å²) in [5.74, 6) is 1.00. The van der Waals surface area contributed by atoms with Gasteiger partial charge in [0.15, 0.2) is 5.96 Å². The summed E-state index contributed by atoms with van der Waals surface area (Å²) >= 11 is 0. The number of aliphatic imine (C=N–C) groups is 1. The number of ether oxygens (including phenoxy) is 4. The first-order valence-electron chi connectivity index (χ1n) is 11.2. The van der Waals surface area contributed by atoms with E-state index < -0.39 is 0 Å². The molecular formula is C21H39N3O4. The number of nitrogens with one attached hydrogen (secondary N) is 1. The van der Waals surface area contributed by atoms with Gasteiger partial charge < -0.3 is 29.2 Å². The highest BCUT2D eigenvalue weighted by molar-refractivity contribution is 5.79. The van der Waals surface area contributed by atoms with Gasteiger partial charge in [-0.2, -0.15) is 0 Å². The van der Waals surface area contributed by atoms with Gasteiger partial charge in [0.1, 0.15) is 0 Å². The van der Waals surface area contributed by atoms with Gasteiger partial charge in [-0.15, -0.1) is 0 Å². The summed E-state index contributed by atoms with van der Waals surface area (Å²) in [7, 11) is 1.86. The molecule has 0 aromatic carbocycles. The van der Waals surface area contributed by atoms with E-state index in [4.69, 9.17) is 18.9 Å². The van der Waals surface area contributed by atoms with Crippen LogP contribution in [0.5, 0.6) is 0 Å². The van der Waals surface area contributed by atoms with Crippen molar-refractivity contribution in [2.45, 2.75) is 69.7 Å². The molecule has 0 aromatic heterocycles. The van der Waals surface area contributed by atoms with E-state index in [-0.39, 0.29) is 0 Å². The highest BCUT2D eigenvalue weighted by Gasteiger charge is 2.23. The lowest BCUT2D eigenvalue weighted by Crippen LogP contribution is -2.47. The Kier molecular flexibility index (Phi) is 9.83. The lowest BCUT2D eigenvalue weighted by atomic mass is 10.1. The van der Waals surface area contributed by atoms with E-state index in [9.17, 15) is 0 Å². The minimum Gasteiger partial charge on any atom is -0.381 e. The maximum atomic E-state index is 6.12. The highest BCUT2D eigenvalue weighted by Crippen LogP contribution is 2.18. The fourth-order valence-corrected chi connectivity index (χ4v) is 4.11. The summed E-state index contributed by atoms with van der Waals surface area (Å²) in [5, 5.41) is 3.49. The molecule has 7 heteroatoms. The molecule has 1 atom stereocenters. The van der Waals surface area contributed by atoms with Crippen molar-refractivity contribution in [3.8, 4) is 0 Å². The Labute approximate surface area is 170 Å². The van der Waals surface area contributed by atoms with Crippen LogP contribution in [0.15, 0.2) is 4.99 Å². The molecule has 0 bridgehead atoms. The number of guanidine groups is 1. The number of likely N-dealkylation sites (tertiary alicyclic amines) is 1. The third-order valence-electron chi connectivity index (χ3n) is 5.87. The molecule has 3 fully saturated rings. The van der Waals surface area contributed by atoms with Crippen LogP contribution in [-0.4, -0.2) is 88.9 Å². The number of hydrogen-bond acceptors (Lipinski definition) is 5. The third-order valence-corrected chi connectivity index (χ3v) is 5.87. The number of hydrogen-bond donors (Lipinski definition) is 1. The molecule has 3 saturated heterocycles. The summed E-state index contributed by atoms with van der Waals surface area (Å²) in [6.07, 6.45) is 9.82. The van der Waals surface area contributed by atoms with Gasteiger partial charge in [0.2, 0.25) is 0 Å². The van der Waals surface area contributed by atoms with Crippen LogP contribution in [0.4, 0.5) is 0 Å². The first kappa shape index (κ1) is 21.8. The van der Waals surface area contributed by atoms with Crippen LogP contribution in [0.25, 0.3) is 0 Å². The lowest BCUT2D eigenvalue weighted by Gasteiger charge is -2.35. The topological polar surface area (TPSA) is 64.6 Å². The van der Waals surface area contributed by atoms with Crippen molar-refractivity contribution >= 4 is 5.96 Å². The van der Waals surface area contributed by atoms with Crippen LogP contribution in [0, 0.1) is 0 Å². The van der Waals surface area contributed by atoms with Crippen molar-refractivity contribution in [3.63, 3.8) is 0 Å². The normalized spacial score (nSPS) is 25.8. The van der Waals surface area contributed by atoms with Crippen LogP contribution in [0.2, 0.25) is 0 Å². The van der Waals surface area contributed by atoms with E-state index in [1.807, 2.05) is 7.05 Å². The first-order valence-corrected chi connectivity index (χ1v) is 11.2. The summed E-state index contributed by atoms with van der Waals surface area (Å²) in [6, 6.07) is 0. The first-order chi connectivity index (χ1) is 13.8. The Balaban J connectivity index is 1.24. The van der Waals surface area contributed by atoms with E-state index in [2.05, 4.69) is 15.2 Å². The highest BCUT2D eigenvalue weighted by atomic mass is 16.5. The zero-order valence-corrected chi connectivity index (χ0v) is 17.6. The monoisotopic (exact) mass is 397 g/mol. The number of piperidine rings is 1. The number of rotatable bonds is 8. The van der Waals surface area contributed by atoms with E-state index in [1.54, 1.807) is 0 Å². The molecule has 1 N–H and O–H groups in total. The van der Waals surface area contributed by atoms with Crippen LogP contribution in [-0.2, 0) is 18.9 Å². The molecule has 3 aliphatic rings. The molecule has 3 heterocycles. The predicted octanol–water partition coefficient (Wildman–Crippen LogP) is 2.20. The van der Waals surface area contributed by atoms with Gasteiger partial charge >= 0.3 is 0 Å². The predicted molar refractivity (Wildman–Crippen MR) is 110 cm³/mol. The SMILES string of the molecule is CN=C(NCCCOC1CCOCC1)N1CCC(OCC2CCCCO2)CC1. The van der Waals surface area contributed by atoms with Crippen molar-refractivity contribution in [3.05, 3.63) is 0 Å². The lowest BCUT2D eigenvalue weighted by molar-refractivity contribution is -0.0721. The molecule has 3 aliphatic heterocycles. The summed E-state index contributed by atoms with van der Waals surface area (Å²) in [6.45, 7) is 7.01. The molecule has 0 radical (unpaired) electrons. The second-order valence-electron chi connectivity index (χ2n) is 8.02. The molecule has 1 unspecified atom stereocenters. The molecular weight excluding hydrogens is 358 g/mol. The van der Waals surface area contributed by atoms with E-state index >= 15 is 0 Å². The van der Waals surface area contributed by atoms with E-state index in [0.29, 0.717) is 18.3 Å². The Morgan fingerprint density at radius 1 is 1.00 bits per heavy atom. The molecule has 162 valence electrons.